The standard InChI is InChI=1S/C16H24N6O/c1-3-22-13-20-21-15(22)12-19-16(17-2)18-10-7-11-23-14-8-5-4-6-9-14/h4-6,8-9,13H,3,7,10-12H2,1-2H3,(H2,17,18,19). The predicted octanol–water partition coefficient (Wildman–Crippen LogP) is 1.43. The Hall–Kier alpha value is -2.57. The number of guanidine groups is 1. The van der Waals surface area contributed by atoms with E-state index < -0.39 is 0 Å². The molecule has 0 atom stereocenters. The van der Waals surface area contributed by atoms with Crippen LogP contribution in [-0.2, 0) is 13.1 Å². The van der Waals surface area contributed by atoms with E-state index in [0.29, 0.717) is 13.2 Å². The zero-order valence-electron chi connectivity index (χ0n) is 13.7. The molecule has 124 valence electrons. The second-order valence-electron chi connectivity index (χ2n) is 4.90. The lowest BCUT2D eigenvalue weighted by molar-refractivity contribution is 0.311. The van der Waals surface area contributed by atoms with E-state index in [-0.39, 0.29) is 0 Å². The van der Waals surface area contributed by atoms with Gasteiger partial charge in [-0.15, -0.1) is 10.2 Å². The summed E-state index contributed by atoms with van der Waals surface area (Å²) in [6, 6.07) is 9.82. The van der Waals surface area contributed by atoms with Crippen molar-refractivity contribution in [1.82, 2.24) is 25.4 Å². The van der Waals surface area contributed by atoms with E-state index in [0.717, 1.165) is 37.0 Å². The van der Waals surface area contributed by atoms with Crippen LogP contribution in [0, 0.1) is 0 Å². The Kier molecular flexibility index (Phi) is 6.90. The Bertz CT molecular complexity index is 596. The van der Waals surface area contributed by atoms with Crippen LogP contribution in [0.1, 0.15) is 19.2 Å². The first-order valence-electron chi connectivity index (χ1n) is 7.82. The summed E-state index contributed by atoms with van der Waals surface area (Å²) in [6.45, 7) is 4.96. The SMILES string of the molecule is CCn1cnnc1CNC(=NC)NCCCOc1ccccc1. The van der Waals surface area contributed by atoms with Crippen molar-refractivity contribution in [2.45, 2.75) is 26.4 Å². The van der Waals surface area contributed by atoms with Gasteiger partial charge in [-0.25, -0.2) is 0 Å². The molecule has 0 amide bonds. The van der Waals surface area contributed by atoms with E-state index >= 15 is 0 Å². The highest BCUT2D eigenvalue weighted by atomic mass is 16.5. The second kappa shape index (κ2) is 9.45. The number of aliphatic imine (C=N–C) groups is 1. The van der Waals surface area contributed by atoms with Gasteiger partial charge in [0.2, 0.25) is 0 Å². The van der Waals surface area contributed by atoms with Gasteiger partial charge in [0.15, 0.2) is 11.8 Å². The lowest BCUT2D eigenvalue weighted by atomic mass is 10.3. The number of nitrogens with zero attached hydrogens (tertiary/aromatic N) is 4. The van der Waals surface area contributed by atoms with E-state index in [2.05, 4.69) is 32.7 Å². The lowest BCUT2D eigenvalue weighted by Gasteiger charge is -2.12. The number of ether oxygens (including phenoxy) is 1. The van der Waals surface area contributed by atoms with Crippen molar-refractivity contribution in [3.63, 3.8) is 0 Å². The van der Waals surface area contributed by atoms with Crippen LogP contribution in [0.5, 0.6) is 5.75 Å². The average molecular weight is 316 g/mol. The topological polar surface area (TPSA) is 76.4 Å². The van der Waals surface area contributed by atoms with Crippen LogP contribution < -0.4 is 15.4 Å². The molecule has 2 aromatic rings. The van der Waals surface area contributed by atoms with E-state index in [4.69, 9.17) is 4.74 Å². The summed E-state index contributed by atoms with van der Waals surface area (Å²) in [6.07, 6.45) is 2.62. The summed E-state index contributed by atoms with van der Waals surface area (Å²) < 4.78 is 7.64. The van der Waals surface area contributed by atoms with Gasteiger partial charge in [0.25, 0.3) is 0 Å². The second-order valence-corrected chi connectivity index (χ2v) is 4.90. The molecule has 0 spiro atoms. The Morgan fingerprint density at radius 3 is 2.83 bits per heavy atom. The monoisotopic (exact) mass is 316 g/mol. The molecule has 0 saturated carbocycles. The fourth-order valence-electron chi connectivity index (χ4n) is 2.05. The molecular weight excluding hydrogens is 292 g/mol. The van der Waals surface area contributed by atoms with Crippen molar-refractivity contribution in [3.05, 3.63) is 42.5 Å². The van der Waals surface area contributed by atoms with Gasteiger partial charge in [-0.3, -0.25) is 4.99 Å². The number of benzene rings is 1. The molecule has 1 aromatic carbocycles. The number of hydrogen-bond acceptors (Lipinski definition) is 4. The first kappa shape index (κ1) is 16.8. The van der Waals surface area contributed by atoms with Crippen LogP contribution in [-0.4, -0.2) is 40.9 Å². The van der Waals surface area contributed by atoms with Crippen molar-refractivity contribution < 1.29 is 4.74 Å². The Morgan fingerprint density at radius 1 is 1.26 bits per heavy atom. The van der Waals surface area contributed by atoms with Crippen molar-refractivity contribution in [2.75, 3.05) is 20.2 Å². The van der Waals surface area contributed by atoms with Crippen molar-refractivity contribution >= 4 is 5.96 Å². The van der Waals surface area contributed by atoms with Crippen LogP contribution in [0.4, 0.5) is 0 Å². The fourth-order valence-corrected chi connectivity index (χ4v) is 2.05. The van der Waals surface area contributed by atoms with Gasteiger partial charge in [0.05, 0.1) is 13.2 Å². The number of para-hydroxylation sites is 1. The van der Waals surface area contributed by atoms with Crippen LogP contribution >= 0.6 is 0 Å². The maximum Gasteiger partial charge on any atom is 0.191 e. The summed E-state index contributed by atoms with van der Waals surface area (Å²) in [5, 5.41) is 14.5. The molecular formula is C16H24N6O. The van der Waals surface area contributed by atoms with Gasteiger partial charge in [-0.1, -0.05) is 18.2 Å². The molecule has 7 heteroatoms. The van der Waals surface area contributed by atoms with Crippen molar-refractivity contribution in [2.24, 2.45) is 4.99 Å². The summed E-state index contributed by atoms with van der Waals surface area (Å²) in [7, 11) is 1.75. The minimum atomic E-state index is 0.591. The van der Waals surface area contributed by atoms with Crippen LogP contribution in [0.15, 0.2) is 41.7 Å². The third kappa shape index (κ3) is 5.61. The zero-order valence-corrected chi connectivity index (χ0v) is 13.7. The van der Waals surface area contributed by atoms with Gasteiger partial charge in [0.1, 0.15) is 12.1 Å². The number of aryl methyl sites for hydroxylation is 1. The summed E-state index contributed by atoms with van der Waals surface area (Å²) in [5.74, 6) is 2.53. The minimum absolute atomic E-state index is 0.591. The highest BCUT2D eigenvalue weighted by molar-refractivity contribution is 5.79. The van der Waals surface area contributed by atoms with E-state index in [9.17, 15) is 0 Å². The molecule has 23 heavy (non-hydrogen) atoms. The molecule has 0 radical (unpaired) electrons. The van der Waals surface area contributed by atoms with Gasteiger partial charge in [-0.2, -0.15) is 0 Å². The van der Waals surface area contributed by atoms with E-state index in [1.807, 2.05) is 34.9 Å². The molecule has 1 aromatic heterocycles. The van der Waals surface area contributed by atoms with Crippen LogP contribution in [0.2, 0.25) is 0 Å². The van der Waals surface area contributed by atoms with Crippen LogP contribution in [0.25, 0.3) is 0 Å². The maximum atomic E-state index is 5.65. The first-order valence-corrected chi connectivity index (χ1v) is 7.82. The average Bonchev–Trinajstić information content (AvgIpc) is 3.06. The van der Waals surface area contributed by atoms with Gasteiger partial charge in [0, 0.05) is 20.1 Å². The molecule has 7 nitrogen and oxygen atoms in total. The minimum Gasteiger partial charge on any atom is -0.494 e. The highest BCUT2D eigenvalue weighted by Crippen LogP contribution is 2.07. The molecule has 2 rings (SSSR count). The molecule has 2 N–H and O–H groups in total. The molecule has 0 aliphatic carbocycles. The third-order valence-electron chi connectivity index (χ3n) is 3.30. The molecule has 1 heterocycles. The number of hydrogen-bond donors (Lipinski definition) is 2. The summed E-state index contributed by atoms with van der Waals surface area (Å²) in [5.41, 5.74) is 0. The largest absolute Gasteiger partial charge is 0.494 e. The molecule has 0 aliphatic rings. The van der Waals surface area contributed by atoms with Crippen molar-refractivity contribution in [1.29, 1.82) is 0 Å². The molecule has 0 unspecified atom stereocenters. The normalized spacial score (nSPS) is 11.3. The molecule has 0 aliphatic heterocycles. The predicted molar refractivity (Wildman–Crippen MR) is 90.5 cm³/mol. The summed E-state index contributed by atoms with van der Waals surface area (Å²) in [4.78, 5) is 4.19. The maximum absolute atomic E-state index is 5.65. The third-order valence-corrected chi connectivity index (χ3v) is 3.30. The Balaban J connectivity index is 1.63. The van der Waals surface area contributed by atoms with E-state index in [1.54, 1.807) is 13.4 Å². The van der Waals surface area contributed by atoms with Crippen LogP contribution in [0.3, 0.4) is 0 Å². The van der Waals surface area contributed by atoms with Gasteiger partial charge < -0.3 is 19.9 Å². The van der Waals surface area contributed by atoms with E-state index in [1.165, 1.54) is 0 Å². The summed E-state index contributed by atoms with van der Waals surface area (Å²) >= 11 is 0. The number of aromatic nitrogens is 3. The highest BCUT2D eigenvalue weighted by Gasteiger charge is 2.03. The smallest absolute Gasteiger partial charge is 0.191 e. The molecule has 0 fully saturated rings. The quantitative estimate of drug-likeness (QED) is 0.438. The first-order chi connectivity index (χ1) is 11.3. The van der Waals surface area contributed by atoms with Crippen molar-refractivity contribution in [3.8, 4) is 5.75 Å². The number of nitrogens with one attached hydrogen (secondary N) is 2. The lowest BCUT2D eigenvalue weighted by Crippen LogP contribution is -2.38. The molecule has 0 bridgehead atoms. The number of rotatable bonds is 8. The van der Waals surface area contributed by atoms with Gasteiger partial charge in [-0.05, 0) is 25.5 Å². The zero-order chi connectivity index (χ0) is 16.3. The Morgan fingerprint density at radius 2 is 2.09 bits per heavy atom. The Labute approximate surface area is 136 Å². The fraction of sp³-hybridized carbons (Fsp3) is 0.438. The molecule has 0 saturated heterocycles. The van der Waals surface area contributed by atoms with Gasteiger partial charge >= 0.3 is 0 Å².